The number of halogens is 1. The van der Waals surface area contributed by atoms with Gasteiger partial charge < -0.3 is 9.80 Å². The lowest BCUT2D eigenvalue weighted by Crippen LogP contribution is -2.48. The van der Waals surface area contributed by atoms with Crippen LogP contribution in [0.3, 0.4) is 0 Å². The summed E-state index contributed by atoms with van der Waals surface area (Å²) in [5, 5.41) is 1.08. The largest absolute Gasteiger partial charge is 0.341 e. The van der Waals surface area contributed by atoms with Crippen LogP contribution in [0.15, 0.2) is 60.8 Å². The van der Waals surface area contributed by atoms with Crippen LogP contribution in [0.25, 0.3) is 10.9 Å². The van der Waals surface area contributed by atoms with Gasteiger partial charge in [-0.25, -0.2) is 4.39 Å². The van der Waals surface area contributed by atoms with Gasteiger partial charge in [0.1, 0.15) is 5.82 Å². The number of pyridine rings is 1. The summed E-state index contributed by atoms with van der Waals surface area (Å²) in [4.78, 5) is 34.6. The second-order valence-electron chi connectivity index (χ2n) is 10.1. The van der Waals surface area contributed by atoms with E-state index in [1.807, 2.05) is 28.0 Å². The molecule has 35 heavy (non-hydrogen) atoms. The molecule has 6 heteroatoms. The third-order valence-electron chi connectivity index (χ3n) is 7.78. The Morgan fingerprint density at radius 3 is 2.51 bits per heavy atom. The molecule has 2 fully saturated rings. The standard InChI is InChI=1S/C29H32FN3O2/c1-21(34)32-15-16-33(28(35)29(12-4-5-13-29)25-8-2-3-9-26(25)30)20-23(19-32)17-22-10-11-27-24(18-22)7-6-14-31-27/h2-3,6-11,14,18,23H,4-5,12-13,15-17,19-20H2,1H3. The highest BCUT2D eigenvalue weighted by Crippen LogP contribution is 2.44. The van der Waals surface area contributed by atoms with E-state index in [0.29, 0.717) is 44.6 Å². The molecule has 3 aromatic rings. The quantitative estimate of drug-likeness (QED) is 0.550. The van der Waals surface area contributed by atoms with E-state index in [0.717, 1.165) is 35.7 Å². The van der Waals surface area contributed by atoms with E-state index < -0.39 is 5.41 Å². The van der Waals surface area contributed by atoms with Crippen LogP contribution < -0.4 is 0 Å². The van der Waals surface area contributed by atoms with Gasteiger partial charge in [-0.3, -0.25) is 14.6 Å². The zero-order valence-electron chi connectivity index (χ0n) is 20.3. The molecule has 1 aliphatic heterocycles. The fourth-order valence-corrected chi connectivity index (χ4v) is 6.02. The first-order valence-electron chi connectivity index (χ1n) is 12.6. The predicted molar refractivity (Wildman–Crippen MR) is 134 cm³/mol. The first-order chi connectivity index (χ1) is 17.0. The van der Waals surface area contributed by atoms with Crippen molar-refractivity contribution in [2.24, 2.45) is 5.92 Å². The average Bonchev–Trinajstić information content (AvgIpc) is 3.26. The van der Waals surface area contributed by atoms with Crippen LogP contribution in [-0.4, -0.2) is 52.8 Å². The molecule has 5 nitrogen and oxygen atoms in total. The SMILES string of the molecule is CC(=O)N1CCN(C(=O)C2(c3ccccc3F)CCCC2)CC(Cc2ccc3ncccc3c2)C1. The lowest BCUT2D eigenvalue weighted by atomic mass is 9.77. The molecular formula is C29H32FN3O2. The molecule has 2 aliphatic rings. The highest BCUT2D eigenvalue weighted by Gasteiger charge is 2.47. The van der Waals surface area contributed by atoms with Gasteiger partial charge in [-0.05, 0) is 55.0 Å². The Hall–Kier alpha value is -3.28. The fourth-order valence-electron chi connectivity index (χ4n) is 6.02. The van der Waals surface area contributed by atoms with Crippen LogP contribution in [0, 0.1) is 11.7 Å². The van der Waals surface area contributed by atoms with Gasteiger partial charge >= 0.3 is 0 Å². The number of fused-ring (bicyclic) bond motifs is 1. The van der Waals surface area contributed by atoms with Crippen LogP contribution in [0.5, 0.6) is 0 Å². The maximum atomic E-state index is 14.9. The van der Waals surface area contributed by atoms with Crippen molar-refractivity contribution in [3.05, 3.63) is 77.7 Å². The third kappa shape index (κ3) is 4.66. The van der Waals surface area contributed by atoms with Crippen molar-refractivity contribution < 1.29 is 14.0 Å². The van der Waals surface area contributed by atoms with E-state index in [1.165, 1.54) is 6.07 Å². The molecule has 1 saturated heterocycles. The molecule has 5 rings (SSSR count). The molecule has 0 spiro atoms. The molecule has 2 aromatic carbocycles. The van der Waals surface area contributed by atoms with Crippen molar-refractivity contribution in [3.63, 3.8) is 0 Å². The number of carbonyl (C=O) groups is 2. The lowest BCUT2D eigenvalue weighted by Gasteiger charge is -2.35. The number of benzene rings is 2. The Kier molecular flexibility index (Phi) is 6.54. The topological polar surface area (TPSA) is 53.5 Å². The molecule has 1 atom stereocenters. The van der Waals surface area contributed by atoms with Gasteiger partial charge in [0.25, 0.3) is 0 Å². The summed E-state index contributed by atoms with van der Waals surface area (Å²) >= 11 is 0. The van der Waals surface area contributed by atoms with Gasteiger partial charge in [-0.15, -0.1) is 0 Å². The highest BCUT2D eigenvalue weighted by atomic mass is 19.1. The van der Waals surface area contributed by atoms with Crippen LogP contribution in [-0.2, 0) is 21.4 Å². The first kappa shape index (κ1) is 23.5. The molecule has 1 aromatic heterocycles. The summed E-state index contributed by atoms with van der Waals surface area (Å²) in [7, 11) is 0. The van der Waals surface area contributed by atoms with Crippen LogP contribution >= 0.6 is 0 Å². The second kappa shape index (κ2) is 9.76. The summed E-state index contributed by atoms with van der Waals surface area (Å²) in [5.41, 5.74) is 1.83. The predicted octanol–water partition coefficient (Wildman–Crippen LogP) is 4.74. The van der Waals surface area contributed by atoms with Crippen molar-refractivity contribution in [3.8, 4) is 0 Å². The minimum absolute atomic E-state index is 0.0122. The molecule has 1 aliphatic carbocycles. The molecular weight excluding hydrogens is 441 g/mol. The Labute approximate surface area is 205 Å². The van der Waals surface area contributed by atoms with E-state index in [4.69, 9.17) is 0 Å². The van der Waals surface area contributed by atoms with Gasteiger partial charge in [-0.1, -0.05) is 43.2 Å². The molecule has 182 valence electrons. The zero-order valence-corrected chi connectivity index (χ0v) is 20.3. The normalized spacial score (nSPS) is 20.1. The summed E-state index contributed by atoms with van der Waals surface area (Å²) in [6.07, 6.45) is 5.72. The monoisotopic (exact) mass is 473 g/mol. The summed E-state index contributed by atoms with van der Waals surface area (Å²) in [6, 6.07) is 17.0. The summed E-state index contributed by atoms with van der Waals surface area (Å²) in [6.45, 7) is 3.74. The highest BCUT2D eigenvalue weighted by molar-refractivity contribution is 5.89. The smallest absolute Gasteiger partial charge is 0.233 e. The van der Waals surface area contributed by atoms with Gasteiger partial charge in [0.05, 0.1) is 10.9 Å². The van der Waals surface area contributed by atoms with Crippen molar-refractivity contribution >= 4 is 22.7 Å². The summed E-state index contributed by atoms with van der Waals surface area (Å²) in [5.74, 6) is -0.169. The van der Waals surface area contributed by atoms with Gasteiger partial charge in [0.2, 0.25) is 11.8 Å². The molecule has 2 heterocycles. The fraction of sp³-hybridized carbons (Fsp3) is 0.414. The Morgan fingerprint density at radius 2 is 1.74 bits per heavy atom. The van der Waals surface area contributed by atoms with Gasteiger partial charge in [0, 0.05) is 50.2 Å². The second-order valence-corrected chi connectivity index (χ2v) is 10.1. The third-order valence-corrected chi connectivity index (χ3v) is 7.78. The molecule has 1 saturated carbocycles. The number of nitrogens with zero attached hydrogens (tertiary/aromatic N) is 3. The van der Waals surface area contributed by atoms with E-state index in [2.05, 4.69) is 23.2 Å². The number of hydrogen-bond donors (Lipinski definition) is 0. The van der Waals surface area contributed by atoms with Crippen molar-refractivity contribution in [1.82, 2.24) is 14.8 Å². The lowest BCUT2D eigenvalue weighted by molar-refractivity contribution is -0.138. The van der Waals surface area contributed by atoms with E-state index >= 15 is 0 Å². The molecule has 1 unspecified atom stereocenters. The van der Waals surface area contributed by atoms with Crippen LogP contribution in [0.1, 0.15) is 43.7 Å². The van der Waals surface area contributed by atoms with E-state index in [1.54, 1.807) is 25.3 Å². The minimum atomic E-state index is -0.810. The Bertz CT molecular complexity index is 1240. The average molecular weight is 474 g/mol. The number of rotatable bonds is 4. The van der Waals surface area contributed by atoms with Crippen molar-refractivity contribution in [1.29, 1.82) is 0 Å². The minimum Gasteiger partial charge on any atom is -0.341 e. The first-order valence-corrected chi connectivity index (χ1v) is 12.6. The number of carbonyl (C=O) groups excluding carboxylic acids is 2. The van der Waals surface area contributed by atoms with Gasteiger partial charge in [-0.2, -0.15) is 0 Å². The Morgan fingerprint density at radius 1 is 1.00 bits per heavy atom. The zero-order chi connectivity index (χ0) is 24.4. The molecule has 0 bridgehead atoms. The molecule has 2 amide bonds. The number of hydrogen-bond acceptors (Lipinski definition) is 3. The number of amides is 2. The van der Waals surface area contributed by atoms with Gasteiger partial charge in [0.15, 0.2) is 0 Å². The van der Waals surface area contributed by atoms with E-state index in [-0.39, 0.29) is 23.5 Å². The maximum Gasteiger partial charge on any atom is 0.233 e. The number of aromatic nitrogens is 1. The van der Waals surface area contributed by atoms with Crippen molar-refractivity contribution in [2.45, 2.75) is 44.4 Å². The Balaban J connectivity index is 1.43. The molecule has 0 N–H and O–H groups in total. The maximum absolute atomic E-state index is 14.9. The van der Waals surface area contributed by atoms with Crippen molar-refractivity contribution in [2.75, 3.05) is 26.2 Å². The summed E-state index contributed by atoms with van der Waals surface area (Å²) < 4.78 is 14.9. The van der Waals surface area contributed by atoms with Crippen LogP contribution in [0.4, 0.5) is 4.39 Å². The van der Waals surface area contributed by atoms with E-state index in [9.17, 15) is 14.0 Å². The van der Waals surface area contributed by atoms with Crippen LogP contribution in [0.2, 0.25) is 0 Å². The molecule has 0 radical (unpaired) electrons.